The highest BCUT2D eigenvalue weighted by Crippen LogP contribution is 2.32. The summed E-state index contributed by atoms with van der Waals surface area (Å²) >= 11 is 2.93. The minimum absolute atomic E-state index is 0.107. The van der Waals surface area contributed by atoms with Gasteiger partial charge in [-0.15, -0.1) is 8.58 Å². The molecule has 4 aromatic rings. The predicted molar refractivity (Wildman–Crippen MR) is 272 cm³/mol. The molecule has 0 radical (unpaired) electrons. The molecule has 6 rings (SSSR count). The van der Waals surface area contributed by atoms with Crippen LogP contribution in [0.5, 0.6) is 0 Å². The van der Waals surface area contributed by atoms with Gasteiger partial charge in [0.1, 0.15) is 63.6 Å². The first-order valence-electron chi connectivity index (χ1n) is 21.6. The van der Waals surface area contributed by atoms with Gasteiger partial charge in [0.05, 0.1) is 33.0 Å². The van der Waals surface area contributed by atoms with Crippen LogP contribution in [-0.4, -0.2) is 111 Å². The van der Waals surface area contributed by atoms with Crippen molar-refractivity contribution < 1.29 is 77.0 Å². The van der Waals surface area contributed by atoms with Crippen LogP contribution in [-0.2, 0) is 78.8 Å². The highest BCUT2D eigenvalue weighted by atomic mass is 79.9. The topological polar surface area (TPSA) is 232 Å². The standard InChI is InChI=1S/C18H18O5.2C10H10O3.C9H10O3.C4H5BrO2.C2H7P/c1-11-7-15(22-17(11)19)10-21-9-13-3-5-14(6-4-13)16-8-12(2)18(20)23-16;2*11-5-6-13-8-10-3-1-9(7-12)2-4-10;10-5-8-1-3-9(4-2-8)6-12-7-11;1-3(2-5)4(6)7;1-3-2/h3-6,15-16H,1-2,7-10H2;2*1-5,7H,6,8H2;1-5,11H,6-7H2;1-2H2,(H,6,7);3H,1-2H3. The molecule has 4 aromatic carbocycles. The number of esters is 2. The summed E-state index contributed by atoms with van der Waals surface area (Å²) < 4.78 is 30.7. The van der Waals surface area contributed by atoms with Crippen molar-refractivity contribution in [3.05, 3.63) is 178 Å². The van der Waals surface area contributed by atoms with Gasteiger partial charge in [-0.25, -0.2) is 14.4 Å². The summed E-state index contributed by atoms with van der Waals surface area (Å²) in [5, 5.41) is 16.7. The third kappa shape index (κ3) is 27.5. The Balaban J connectivity index is 0.000000460. The van der Waals surface area contributed by atoms with Crippen LogP contribution in [0.4, 0.5) is 0 Å². The number of rotatable bonds is 21. The van der Waals surface area contributed by atoms with Crippen molar-refractivity contribution in [1.29, 1.82) is 0 Å². The molecule has 2 fully saturated rings. The van der Waals surface area contributed by atoms with Gasteiger partial charge in [0, 0.05) is 51.6 Å². The van der Waals surface area contributed by atoms with Gasteiger partial charge >= 0.3 is 17.9 Å². The first-order chi connectivity index (χ1) is 34.2. The lowest BCUT2D eigenvalue weighted by atomic mass is 10.0. The lowest BCUT2D eigenvalue weighted by molar-refractivity contribution is -0.141. The van der Waals surface area contributed by atoms with Crippen LogP contribution in [0.1, 0.15) is 77.8 Å². The van der Waals surface area contributed by atoms with Crippen LogP contribution < -0.4 is 0 Å². The molecular formula is C53H60BrO16P. The number of aliphatic carboxylic acids is 1. The molecule has 0 aliphatic carbocycles. The third-order valence-electron chi connectivity index (χ3n) is 9.01. The molecule has 2 atom stereocenters. The molecule has 380 valence electrons. The van der Waals surface area contributed by atoms with E-state index in [1.807, 2.05) is 24.3 Å². The number of carboxylic acid groups (broad SMARTS) is 1. The molecule has 0 bridgehead atoms. The van der Waals surface area contributed by atoms with Gasteiger partial charge < -0.3 is 48.2 Å². The maximum absolute atomic E-state index is 11.4. The van der Waals surface area contributed by atoms with E-state index in [0.29, 0.717) is 91.6 Å². The molecule has 2 unspecified atom stereocenters. The highest BCUT2D eigenvalue weighted by Gasteiger charge is 2.29. The minimum atomic E-state index is -0.947. The zero-order valence-corrected chi connectivity index (χ0v) is 42.3. The SMILES string of the molecule is C=C(CBr)C(=O)O.C=C1CC(COCc2ccc(C3CC(=C)C(=O)O3)cc2)OC1=O.CPC.O=CCOCc1ccc(C=O)cc1.O=CCOCc1ccc(C=O)cc1.O=Cc1ccc(COCO)cc1. The molecule has 2 aliphatic heterocycles. The number of carbonyl (C=O) groups is 8. The lowest BCUT2D eigenvalue weighted by Crippen LogP contribution is -2.14. The quantitative estimate of drug-likeness (QED) is 0.0153. The fourth-order valence-electron chi connectivity index (χ4n) is 5.36. The maximum atomic E-state index is 11.4. The van der Waals surface area contributed by atoms with Gasteiger partial charge in [0.25, 0.3) is 0 Å². The smallest absolute Gasteiger partial charge is 0.334 e. The number of carboxylic acids is 1. The van der Waals surface area contributed by atoms with E-state index in [2.05, 4.69) is 49.0 Å². The maximum Gasteiger partial charge on any atom is 0.334 e. The number of aldehydes is 5. The Bertz CT molecular complexity index is 2190. The number of alkyl halides is 1. The normalized spacial score (nSPS) is 14.0. The first-order valence-corrected chi connectivity index (χ1v) is 24.7. The molecule has 2 heterocycles. The van der Waals surface area contributed by atoms with E-state index in [1.165, 1.54) is 0 Å². The minimum Gasteiger partial charge on any atom is -0.478 e. The number of aliphatic hydroxyl groups is 1. The second-order valence-electron chi connectivity index (χ2n) is 14.8. The largest absolute Gasteiger partial charge is 0.478 e. The van der Waals surface area contributed by atoms with Crippen LogP contribution >= 0.6 is 24.5 Å². The molecule has 71 heavy (non-hydrogen) atoms. The number of aliphatic hydroxyl groups excluding tert-OH is 1. The van der Waals surface area contributed by atoms with Crippen LogP contribution in [0.15, 0.2) is 134 Å². The molecule has 0 spiro atoms. The van der Waals surface area contributed by atoms with E-state index < -0.39 is 5.97 Å². The van der Waals surface area contributed by atoms with Gasteiger partial charge in [-0.05, 0) is 41.1 Å². The van der Waals surface area contributed by atoms with Crippen molar-refractivity contribution in [3.8, 4) is 0 Å². The molecule has 0 saturated carbocycles. The van der Waals surface area contributed by atoms with Crippen molar-refractivity contribution >= 4 is 73.8 Å². The fourth-order valence-corrected chi connectivity index (χ4v) is 5.60. The molecule has 18 heteroatoms. The van der Waals surface area contributed by atoms with Crippen molar-refractivity contribution in [2.45, 2.75) is 51.5 Å². The number of halogens is 1. The Labute approximate surface area is 423 Å². The number of carbonyl (C=O) groups excluding carboxylic acids is 7. The monoisotopic (exact) mass is 1060 g/mol. The van der Waals surface area contributed by atoms with Crippen molar-refractivity contribution in [1.82, 2.24) is 0 Å². The van der Waals surface area contributed by atoms with E-state index in [4.69, 9.17) is 38.6 Å². The summed E-state index contributed by atoms with van der Waals surface area (Å²) in [6.45, 7) is 16.7. The van der Waals surface area contributed by atoms with Crippen molar-refractivity contribution in [3.63, 3.8) is 0 Å². The first kappa shape index (κ1) is 62.6. The summed E-state index contributed by atoms with van der Waals surface area (Å²) in [5.41, 5.74) is 7.89. The average Bonchev–Trinajstić information content (AvgIpc) is 3.91. The Morgan fingerprint density at radius 1 is 0.634 bits per heavy atom. The molecule has 2 aliphatic rings. The predicted octanol–water partition coefficient (Wildman–Crippen LogP) is 7.96. The van der Waals surface area contributed by atoms with E-state index >= 15 is 0 Å². The molecule has 0 aromatic heterocycles. The van der Waals surface area contributed by atoms with Crippen molar-refractivity contribution in [2.24, 2.45) is 0 Å². The molecule has 2 N–H and O–H groups in total. The molecule has 0 amide bonds. The van der Waals surface area contributed by atoms with E-state index in [1.54, 1.807) is 72.8 Å². The van der Waals surface area contributed by atoms with E-state index in [-0.39, 0.29) is 49.7 Å². The highest BCUT2D eigenvalue weighted by molar-refractivity contribution is 9.09. The van der Waals surface area contributed by atoms with Crippen molar-refractivity contribution in [2.75, 3.05) is 45.3 Å². The fraction of sp³-hybridized carbons (Fsp3) is 0.283. The van der Waals surface area contributed by atoms with Gasteiger partial charge in [-0.2, -0.15) is 0 Å². The number of hydrogen-bond donors (Lipinski definition) is 2. The second-order valence-corrected chi connectivity index (χ2v) is 16.3. The van der Waals surface area contributed by atoms with Crippen LogP contribution in [0.25, 0.3) is 0 Å². The second kappa shape index (κ2) is 38.3. The molecule has 2 saturated heterocycles. The summed E-state index contributed by atoms with van der Waals surface area (Å²) in [6, 6.07) is 28.8. The van der Waals surface area contributed by atoms with Crippen LogP contribution in [0.2, 0.25) is 0 Å². The van der Waals surface area contributed by atoms with Gasteiger partial charge in [-0.1, -0.05) is 133 Å². The van der Waals surface area contributed by atoms with E-state index in [9.17, 15) is 38.4 Å². The van der Waals surface area contributed by atoms with E-state index in [0.717, 1.165) is 55.3 Å². The Morgan fingerprint density at radius 2 is 1.00 bits per heavy atom. The summed E-state index contributed by atoms with van der Waals surface area (Å²) in [4.78, 5) is 83.1. The van der Waals surface area contributed by atoms with Crippen LogP contribution in [0, 0.1) is 0 Å². The third-order valence-corrected chi connectivity index (χ3v) is 9.69. The van der Waals surface area contributed by atoms with Gasteiger partial charge in [0.2, 0.25) is 0 Å². The molecule has 16 nitrogen and oxygen atoms in total. The molecular weight excluding hydrogens is 1000 g/mol. The number of cyclic esters (lactones) is 2. The van der Waals surface area contributed by atoms with Gasteiger partial charge in [0.15, 0.2) is 0 Å². The number of benzene rings is 4. The number of hydrogen-bond acceptors (Lipinski definition) is 15. The Hall–Kier alpha value is -6.43. The Kier molecular flexibility index (Phi) is 33.8. The zero-order valence-electron chi connectivity index (χ0n) is 39.7. The average molecular weight is 1060 g/mol. The summed E-state index contributed by atoms with van der Waals surface area (Å²) in [7, 11) is 1.08. The lowest BCUT2D eigenvalue weighted by Gasteiger charge is -2.11. The number of ether oxygens (including phenoxy) is 6. The zero-order chi connectivity index (χ0) is 52.8. The van der Waals surface area contributed by atoms with Crippen LogP contribution in [0.3, 0.4) is 0 Å². The Morgan fingerprint density at radius 3 is 1.30 bits per heavy atom. The van der Waals surface area contributed by atoms with Gasteiger partial charge in [-0.3, -0.25) is 14.4 Å². The summed E-state index contributed by atoms with van der Waals surface area (Å²) in [6.07, 6.45) is 4.36. The summed E-state index contributed by atoms with van der Waals surface area (Å²) in [5.74, 6) is -1.61.